The topological polar surface area (TPSA) is 37.6 Å². The number of likely N-dealkylation sites (tertiary alicyclic amines) is 1. The highest BCUT2D eigenvalue weighted by Gasteiger charge is 2.25. The van der Waals surface area contributed by atoms with Crippen molar-refractivity contribution in [1.82, 2.24) is 14.3 Å². The first-order valence-corrected chi connectivity index (χ1v) is 8.18. The summed E-state index contributed by atoms with van der Waals surface area (Å²) in [6.45, 7) is 1.49. The Hall–Kier alpha value is -2.69. The van der Waals surface area contributed by atoms with Gasteiger partial charge in [0, 0.05) is 30.8 Å². The second-order valence-corrected chi connectivity index (χ2v) is 6.22. The van der Waals surface area contributed by atoms with E-state index in [1.807, 2.05) is 30.5 Å². The third kappa shape index (κ3) is 2.56. The molecule has 1 atom stereocenters. The summed E-state index contributed by atoms with van der Waals surface area (Å²) >= 11 is 0. The zero-order chi connectivity index (χ0) is 16.5. The van der Waals surface area contributed by atoms with E-state index in [9.17, 15) is 9.18 Å². The van der Waals surface area contributed by atoms with Crippen molar-refractivity contribution in [3.63, 3.8) is 0 Å². The molecular weight excluding hydrogens is 305 g/mol. The summed E-state index contributed by atoms with van der Waals surface area (Å²) in [4.78, 5) is 17.8. The van der Waals surface area contributed by atoms with Gasteiger partial charge in [-0.25, -0.2) is 9.37 Å². The van der Waals surface area contributed by atoms with E-state index in [1.165, 1.54) is 12.1 Å². The van der Waals surface area contributed by atoms with Crippen LogP contribution in [0.5, 0.6) is 0 Å². The van der Waals surface area contributed by atoms with Crippen LogP contribution in [-0.2, 0) is 4.79 Å². The standard InChI is InChI=1S/C19H18FN3O/c20-16-7-3-5-14(11-16)18-17-8-1-2-10-23(17)19(21-18)15-6-4-9-22(12-15)13-24/h1-3,5,7-8,10-11,13,15H,4,6,9,12H2. The van der Waals surface area contributed by atoms with Crippen molar-refractivity contribution in [2.45, 2.75) is 18.8 Å². The Kier molecular flexibility index (Phi) is 3.76. The normalized spacial score (nSPS) is 18.0. The van der Waals surface area contributed by atoms with Crippen LogP contribution in [0.2, 0.25) is 0 Å². The molecule has 0 radical (unpaired) electrons. The monoisotopic (exact) mass is 323 g/mol. The minimum atomic E-state index is -0.268. The Morgan fingerprint density at radius 1 is 1.21 bits per heavy atom. The lowest BCUT2D eigenvalue weighted by atomic mass is 9.97. The van der Waals surface area contributed by atoms with E-state index < -0.39 is 0 Å². The molecule has 4 nitrogen and oxygen atoms in total. The summed E-state index contributed by atoms with van der Waals surface area (Å²) in [7, 11) is 0. The lowest BCUT2D eigenvalue weighted by Gasteiger charge is -2.29. The fourth-order valence-electron chi connectivity index (χ4n) is 3.51. The minimum Gasteiger partial charge on any atom is -0.345 e. The summed E-state index contributed by atoms with van der Waals surface area (Å²) in [5.41, 5.74) is 2.52. The van der Waals surface area contributed by atoms with Gasteiger partial charge in [0.2, 0.25) is 6.41 Å². The van der Waals surface area contributed by atoms with Crippen LogP contribution in [0.15, 0.2) is 48.7 Å². The highest BCUT2D eigenvalue weighted by molar-refractivity contribution is 5.77. The molecule has 4 rings (SSSR count). The number of piperidine rings is 1. The molecule has 3 heterocycles. The average molecular weight is 323 g/mol. The lowest BCUT2D eigenvalue weighted by molar-refractivity contribution is -0.119. The van der Waals surface area contributed by atoms with Crippen molar-refractivity contribution in [2.24, 2.45) is 0 Å². The first kappa shape index (κ1) is 14.9. The number of hydrogen-bond acceptors (Lipinski definition) is 2. The summed E-state index contributed by atoms with van der Waals surface area (Å²) in [5, 5.41) is 0. The van der Waals surface area contributed by atoms with Gasteiger partial charge in [0.05, 0.1) is 11.2 Å². The van der Waals surface area contributed by atoms with Crippen LogP contribution in [0, 0.1) is 5.82 Å². The molecule has 2 aromatic heterocycles. The molecule has 24 heavy (non-hydrogen) atoms. The van der Waals surface area contributed by atoms with Crippen molar-refractivity contribution in [1.29, 1.82) is 0 Å². The van der Waals surface area contributed by atoms with Crippen molar-refractivity contribution in [3.05, 3.63) is 60.3 Å². The number of carbonyl (C=O) groups is 1. The zero-order valence-corrected chi connectivity index (χ0v) is 13.2. The van der Waals surface area contributed by atoms with Gasteiger partial charge in [-0.2, -0.15) is 0 Å². The maximum absolute atomic E-state index is 13.6. The fourth-order valence-corrected chi connectivity index (χ4v) is 3.51. The second kappa shape index (κ2) is 6.07. The Bertz CT molecular complexity index is 889. The number of halogens is 1. The number of rotatable bonds is 3. The Morgan fingerprint density at radius 2 is 2.12 bits per heavy atom. The van der Waals surface area contributed by atoms with Crippen molar-refractivity contribution < 1.29 is 9.18 Å². The molecule has 0 bridgehead atoms. The molecule has 1 aliphatic heterocycles. The van der Waals surface area contributed by atoms with Crippen LogP contribution in [0.3, 0.4) is 0 Å². The van der Waals surface area contributed by atoms with Gasteiger partial charge in [0.15, 0.2) is 0 Å². The number of hydrogen-bond donors (Lipinski definition) is 0. The van der Waals surface area contributed by atoms with E-state index in [0.717, 1.165) is 48.4 Å². The number of amides is 1. The second-order valence-electron chi connectivity index (χ2n) is 6.22. The number of imidazole rings is 1. The summed E-state index contributed by atoms with van der Waals surface area (Å²) in [6, 6.07) is 12.4. The summed E-state index contributed by atoms with van der Waals surface area (Å²) in [6.07, 6.45) is 4.87. The number of fused-ring (bicyclic) bond motifs is 1. The number of pyridine rings is 1. The van der Waals surface area contributed by atoms with E-state index in [4.69, 9.17) is 4.98 Å². The van der Waals surface area contributed by atoms with Gasteiger partial charge in [0.25, 0.3) is 0 Å². The predicted octanol–water partition coefficient (Wildman–Crippen LogP) is 3.48. The van der Waals surface area contributed by atoms with Crippen molar-refractivity contribution in [3.8, 4) is 11.3 Å². The molecule has 0 N–H and O–H groups in total. The minimum absolute atomic E-state index is 0.196. The molecule has 3 aromatic rings. The number of aromatic nitrogens is 2. The van der Waals surface area contributed by atoms with Gasteiger partial charge in [-0.15, -0.1) is 0 Å². The van der Waals surface area contributed by atoms with Crippen LogP contribution >= 0.6 is 0 Å². The molecule has 1 unspecified atom stereocenters. The van der Waals surface area contributed by atoms with Gasteiger partial charge in [-0.1, -0.05) is 18.2 Å². The third-order valence-corrected chi connectivity index (χ3v) is 4.64. The Labute approximate surface area is 139 Å². The van der Waals surface area contributed by atoms with Gasteiger partial charge < -0.3 is 9.30 Å². The molecule has 0 saturated carbocycles. The van der Waals surface area contributed by atoms with Gasteiger partial charge in [0.1, 0.15) is 11.6 Å². The summed E-state index contributed by atoms with van der Waals surface area (Å²) in [5.74, 6) is 0.869. The largest absolute Gasteiger partial charge is 0.345 e. The SMILES string of the molecule is O=CN1CCCC(c2nc(-c3cccc(F)c3)c3ccccn23)C1. The number of nitrogens with zero attached hydrogens (tertiary/aromatic N) is 3. The molecule has 0 spiro atoms. The van der Waals surface area contributed by atoms with E-state index in [-0.39, 0.29) is 11.7 Å². The van der Waals surface area contributed by atoms with Crippen LogP contribution < -0.4 is 0 Å². The number of benzene rings is 1. The third-order valence-electron chi connectivity index (χ3n) is 4.64. The van der Waals surface area contributed by atoms with Crippen LogP contribution in [0.4, 0.5) is 4.39 Å². The van der Waals surface area contributed by atoms with E-state index in [1.54, 1.807) is 11.0 Å². The maximum Gasteiger partial charge on any atom is 0.209 e. The van der Waals surface area contributed by atoms with Crippen molar-refractivity contribution >= 4 is 11.9 Å². The van der Waals surface area contributed by atoms with E-state index >= 15 is 0 Å². The highest BCUT2D eigenvalue weighted by atomic mass is 19.1. The quantitative estimate of drug-likeness (QED) is 0.692. The zero-order valence-electron chi connectivity index (χ0n) is 13.2. The Balaban J connectivity index is 1.84. The first-order valence-electron chi connectivity index (χ1n) is 8.18. The van der Waals surface area contributed by atoms with E-state index in [2.05, 4.69) is 4.40 Å². The van der Waals surface area contributed by atoms with Gasteiger partial charge >= 0.3 is 0 Å². The van der Waals surface area contributed by atoms with Gasteiger partial charge in [-0.3, -0.25) is 4.79 Å². The van der Waals surface area contributed by atoms with E-state index in [0.29, 0.717) is 6.54 Å². The molecule has 1 fully saturated rings. The van der Waals surface area contributed by atoms with Crippen LogP contribution in [0.1, 0.15) is 24.6 Å². The predicted molar refractivity (Wildman–Crippen MR) is 90.2 cm³/mol. The van der Waals surface area contributed by atoms with Crippen molar-refractivity contribution in [2.75, 3.05) is 13.1 Å². The molecule has 1 aliphatic rings. The first-order chi connectivity index (χ1) is 11.8. The molecule has 1 saturated heterocycles. The summed E-state index contributed by atoms with van der Waals surface area (Å²) < 4.78 is 15.7. The molecule has 1 amide bonds. The molecule has 1 aromatic carbocycles. The molecule has 122 valence electrons. The average Bonchev–Trinajstić information content (AvgIpc) is 3.01. The van der Waals surface area contributed by atoms with Gasteiger partial charge in [-0.05, 0) is 37.1 Å². The van der Waals surface area contributed by atoms with Crippen LogP contribution in [0.25, 0.3) is 16.8 Å². The fraction of sp³-hybridized carbons (Fsp3) is 0.263. The molecule has 5 heteroatoms. The number of carbonyl (C=O) groups excluding carboxylic acids is 1. The Morgan fingerprint density at radius 3 is 2.96 bits per heavy atom. The molecule has 0 aliphatic carbocycles. The van der Waals surface area contributed by atoms with Crippen LogP contribution in [-0.4, -0.2) is 33.8 Å². The maximum atomic E-state index is 13.6. The lowest BCUT2D eigenvalue weighted by Crippen LogP contribution is -2.33. The molecular formula is C19H18FN3O. The smallest absolute Gasteiger partial charge is 0.209 e. The highest BCUT2D eigenvalue weighted by Crippen LogP contribution is 2.31.